The maximum atomic E-state index is 5.92. The van der Waals surface area contributed by atoms with Gasteiger partial charge in [-0.1, -0.05) is 6.42 Å². The van der Waals surface area contributed by atoms with E-state index in [-0.39, 0.29) is 0 Å². The summed E-state index contributed by atoms with van der Waals surface area (Å²) in [4.78, 5) is 11.2. The highest BCUT2D eigenvalue weighted by Crippen LogP contribution is 2.29. The van der Waals surface area contributed by atoms with Crippen molar-refractivity contribution < 1.29 is 0 Å². The molecule has 3 nitrogen and oxygen atoms in total. The van der Waals surface area contributed by atoms with E-state index in [2.05, 4.69) is 14.9 Å². The topological polar surface area (TPSA) is 29.0 Å². The van der Waals surface area contributed by atoms with Gasteiger partial charge in [-0.05, 0) is 37.9 Å². The van der Waals surface area contributed by atoms with E-state index in [1.807, 2.05) is 6.92 Å². The molecule has 3 heterocycles. The molecular formula is C12H16ClN3. The molecule has 0 amide bonds. The summed E-state index contributed by atoms with van der Waals surface area (Å²) in [5.74, 6) is 0. The summed E-state index contributed by atoms with van der Waals surface area (Å²) in [6, 6.07) is 0.687. The van der Waals surface area contributed by atoms with Gasteiger partial charge >= 0.3 is 0 Å². The molecule has 0 bridgehead atoms. The van der Waals surface area contributed by atoms with Crippen LogP contribution >= 0.6 is 11.6 Å². The average molecular weight is 238 g/mol. The normalized spacial score (nSPS) is 25.0. The van der Waals surface area contributed by atoms with Crippen molar-refractivity contribution in [2.45, 2.75) is 45.2 Å². The number of hydrogen-bond donors (Lipinski definition) is 0. The van der Waals surface area contributed by atoms with E-state index in [0.717, 1.165) is 18.7 Å². The van der Waals surface area contributed by atoms with E-state index in [0.29, 0.717) is 11.3 Å². The second-order valence-corrected chi connectivity index (χ2v) is 5.17. The molecule has 1 atom stereocenters. The predicted octanol–water partition coefficient (Wildman–Crippen LogP) is 2.35. The van der Waals surface area contributed by atoms with Crippen LogP contribution in [0.3, 0.4) is 0 Å². The van der Waals surface area contributed by atoms with Crippen molar-refractivity contribution in [1.29, 1.82) is 0 Å². The van der Waals surface area contributed by atoms with Gasteiger partial charge in [0, 0.05) is 30.3 Å². The van der Waals surface area contributed by atoms with E-state index in [1.54, 1.807) is 0 Å². The third kappa shape index (κ3) is 1.72. The zero-order chi connectivity index (χ0) is 11.1. The maximum Gasteiger partial charge on any atom is 0.222 e. The molecule has 3 rings (SSSR count). The minimum Gasteiger partial charge on any atom is -0.296 e. The Bertz CT molecular complexity index is 419. The Balaban J connectivity index is 1.98. The van der Waals surface area contributed by atoms with Gasteiger partial charge in [0.25, 0.3) is 0 Å². The maximum absolute atomic E-state index is 5.92. The average Bonchev–Trinajstić information content (AvgIpc) is 2.27. The van der Waals surface area contributed by atoms with E-state index >= 15 is 0 Å². The highest BCUT2D eigenvalue weighted by atomic mass is 35.5. The highest BCUT2D eigenvalue weighted by Gasteiger charge is 2.30. The van der Waals surface area contributed by atoms with Crippen molar-refractivity contribution >= 4 is 11.6 Å². The van der Waals surface area contributed by atoms with E-state index in [4.69, 9.17) is 11.6 Å². The zero-order valence-electron chi connectivity index (χ0n) is 9.54. The molecule has 0 aliphatic carbocycles. The van der Waals surface area contributed by atoms with Crippen LogP contribution in [0.15, 0.2) is 0 Å². The summed E-state index contributed by atoms with van der Waals surface area (Å²) in [6.45, 7) is 4.28. The molecule has 0 saturated carbocycles. The van der Waals surface area contributed by atoms with Gasteiger partial charge in [0.15, 0.2) is 0 Å². The SMILES string of the molecule is Cc1nc(Cl)nc2c1CN1CCCCC1C2. The first-order chi connectivity index (χ1) is 7.74. The number of fused-ring (bicyclic) bond motifs is 2. The fourth-order valence-corrected chi connectivity index (χ4v) is 3.15. The first kappa shape index (κ1) is 10.5. The van der Waals surface area contributed by atoms with Crippen LogP contribution in [-0.2, 0) is 13.0 Å². The Morgan fingerprint density at radius 3 is 3.06 bits per heavy atom. The van der Waals surface area contributed by atoms with Crippen molar-refractivity contribution in [2.24, 2.45) is 0 Å². The van der Waals surface area contributed by atoms with Gasteiger partial charge in [0.1, 0.15) is 0 Å². The number of nitrogens with zero attached hydrogens (tertiary/aromatic N) is 3. The van der Waals surface area contributed by atoms with Crippen LogP contribution in [0.2, 0.25) is 5.28 Å². The van der Waals surface area contributed by atoms with Gasteiger partial charge in [-0.25, -0.2) is 9.97 Å². The van der Waals surface area contributed by atoms with Gasteiger partial charge in [0.2, 0.25) is 5.28 Å². The molecule has 2 aliphatic rings. The van der Waals surface area contributed by atoms with Crippen LogP contribution in [0.5, 0.6) is 0 Å². The summed E-state index contributed by atoms with van der Waals surface area (Å²) >= 11 is 5.92. The third-order valence-electron chi connectivity index (χ3n) is 3.81. The van der Waals surface area contributed by atoms with Gasteiger partial charge < -0.3 is 0 Å². The van der Waals surface area contributed by atoms with Gasteiger partial charge in [0.05, 0.1) is 5.69 Å². The molecule has 1 aromatic heterocycles. The number of hydrogen-bond acceptors (Lipinski definition) is 3. The molecule has 2 aliphatic heterocycles. The molecule has 1 unspecified atom stereocenters. The van der Waals surface area contributed by atoms with Crippen LogP contribution in [0.1, 0.15) is 36.2 Å². The molecule has 86 valence electrons. The molecule has 4 heteroatoms. The summed E-state index contributed by atoms with van der Waals surface area (Å²) in [6.07, 6.45) is 5.05. The van der Waals surface area contributed by atoms with Crippen molar-refractivity contribution in [3.8, 4) is 0 Å². The quantitative estimate of drug-likeness (QED) is 0.649. The fraction of sp³-hybridized carbons (Fsp3) is 0.667. The Hall–Kier alpha value is -0.670. The molecule has 0 radical (unpaired) electrons. The van der Waals surface area contributed by atoms with Gasteiger partial charge in [-0.2, -0.15) is 0 Å². The fourth-order valence-electron chi connectivity index (χ4n) is 2.92. The molecule has 1 fully saturated rings. The standard InChI is InChI=1S/C12H16ClN3/c1-8-10-7-16-5-3-2-4-9(16)6-11(10)15-12(13)14-8/h9H,2-7H2,1H3. The number of piperidine rings is 1. The third-order valence-corrected chi connectivity index (χ3v) is 3.98. The predicted molar refractivity (Wildman–Crippen MR) is 63.5 cm³/mol. The van der Waals surface area contributed by atoms with E-state index in [9.17, 15) is 0 Å². The van der Waals surface area contributed by atoms with Crippen LogP contribution in [0, 0.1) is 6.92 Å². The molecule has 0 spiro atoms. The lowest BCUT2D eigenvalue weighted by molar-refractivity contribution is 0.125. The lowest BCUT2D eigenvalue weighted by Gasteiger charge is -2.39. The monoisotopic (exact) mass is 237 g/mol. The number of halogens is 1. The van der Waals surface area contributed by atoms with E-state index in [1.165, 1.54) is 37.1 Å². The molecule has 1 aromatic rings. The Morgan fingerprint density at radius 2 is 2.19 bits per heavy atom. The molecule has 16 heavy (non-hydrogen) atoms. The van der Waals surface area contributed by atoms with Crippen molar-refractivity contribution in [3.05, 3.63) is 22.2 Å². The lowest BCUT2D eigenvalue weighted by atomic mass is 9.91. The van der Waals surface area contributed by atoms with Gasteiger partial charge in [-0.15, -0.1) is 0 Å². The second-order valence-electron chi connectivity index (χ2n) is 4.83. The number of aromatic nitrogens is 2. The Kier molecular flexibility index (Phi) is 2.60. The largest absolute Gasteiger partial charge is 0.296 e. The lowest BCUT2D eigenvalue weighted by Crippen LogP contribution is -2.44. The Labute approximate surface area is 101 Å². The molecular weight excluding hydrogens is 222 g/mol. The zero-order valence-corrected chi connectivity index (χ0v) is 10.3. The van der Waals surface area contributed by atoms with Gasteiger partial charge in [-0.3, -0.25) is 4.90 Å². The van der Waals surface area contributed by atoms with Crippen LogP contribution in [0.4, 0.5) is 0 Å². The highest BCUT2D eigenvalue weighted by molar-refractivity contribution is 6.28. The summed E-state index contributed by atoms with van der Waals surface area (Å²) in [5.41, 5.74) is 3.54. The summed E-state index contributed by atoms with van der Waals surface area (Å²) in [5, 5.41) is 0.403. The van der Waals surface area contributed by atoms with E-state index < -0.39 is 0 Å². The second kappa shape index (κ2) is 3.97. The Morgan fingerprint density at radius 1 is 1.31 bits per heavy atom. The number of aryl methyl sites for hydroxylation is 1. The molecule has 0 aromatic carbocycles. The molecule has 1 saturated heterocycles. The first-order valence-corrected chi connectivity index (χ1v) is 6.38. The number of rotatable bonds is 0. The minimum absolute atomic E-state index is 0.403. The first-order valence-electron chi connectivity index (χ1n) is 6.00. The van der Waals surface area contributed by atoms with Crippen molar-refractivity contribution in [3.63, 3.8) is 0 Å². The van der Waals surface area contributed by atoms with Crippen LogP contribution in [0.25, 0.3) is 0 Å². The molecule has 0 N–H and O–H groups in total. The van der Waals surface area contributed by atoms with Crippen molar-refractivity contribution in [1.82, 2.24) is 14.9 Å². The smallest absolute Gasteiger partial charge is 0.222 e. The van der Waals surface area contributed by atoms with Crippen LogP contribution < -0.4 is 0 Å². The summed E-state index contributed by atoms with van der Waals surface area (Å²) < 4.78 is 0. The van der Waals surface area contributed by atoms with Crippen LogP contribution in [-0.4, -0.2) is 27.5 Å². The van der Waals surface area contributed by atoms with Crippen molar-refractivity contribution in [2.75, 3.05) is 6.54 Å². The minimum atomic E-state index is 0.403. The summed E-state index contributed by atoms with van der Waals surface area (Å²) in [7, 11) is 0.